The van der Waals surface area contributed by atoms with Gasteiger partial charge in [0.2, 0.25) is 0 Å². The van der Waals surface area contributed by atoms with Gasteiger partial charge in [0.1, 0.15) is 29.3 Å². The van der Waals surface area contributed by atoms with Gasteiger partial charge in [0.05, 0.1) is 18.4 Å². The van der Waals surface area contributed by atoms with E-state index < -0.39 is 17.3 Å². The number of rotatable bonds is 6. The minimum Gasteiger partial charge on any atom is -0.420 e. The van der Waals surface area contributed by atoms with E-state index in [1.807, 2.05) is 4.90 Å². The Balaban J connectivity index is 1.62. The first kappa shape index (κ1) is 23.1. The van der Waals surface area contributed by atoms with Crippen molar-refractivity contribution in [1.29, 1.82) is 0 Å². The summed E-state index contributed by atoms with van der Waals surface area (Å²) in [6.45, 7) is 1.33. The zero-order chi connectivity index (χ0) is 23.6. The van der Waals surface area contributed by atoms with Crippen LogP contribution >= 0.6 is 23.2 Å². The normalized spacial score (nSPS) is 13.8. The SMILES string of the molecule is O=C(Nc1ccc(OC(F)(F)Cl)cc1)c1cnc(N2CCOC2)c(-c2cc(F)cnc2Cl)c1. The molecule has 0 saturated carbocycles. The number of anilines is 2. The number of nitrogens with one attached hydrogen (secondary N) is 1. The maximum Gasteiger partial charge on any atom is 0.487 e. The van der Waals surface area contributed by atoms with Gasteiger partial charge in [-0.1, -0.05) is 11.6 Å². The summed E-state index contributed by atoms with van der Waals surface area (Å²) in [6, 6.07) is 7.92. The van der Waals surface area contributed by atoms with Crippen LogP contribution in [0.15, 0.2) is 48.8 Å². The van der Waals surface area contributed by atoms with Crippen LogP contribution in [0, 0.1) is 5.82 Å². The first-order valence-electron chi connectivity index (χ1n) is 9.51. The molecule has 1 N–H and O–H groups in total. The van der Waals surface area contributed by atoms with Crippen LogP contribution in [0.25, 0.3) is 11.1 Å². The zero-order valence-corrected chi connectivity index (χ0v) is 18.2. The van der Waals surface area contributed by atoms with Crippen LogP contribution in [0.4, 0.5) is 24.7 Å². The Kier molecular flexibility index (Phi) is 6.59. The zero-order valence-electron chi connectivity index (χ0n) is 16.7. The average molecular weight is 499 g/mol. The van der Waals surface area contributed by atoms with E-state index in [-0.39, 0.29) is 28.8 Å². The van der Waals surface area contributed by atoms with E-state index in [0.717, 1.165) is 6.20 Å². The van der Waals surface area contributed by atoms with E-state index in [4.69, 9.17) is 27.9 Å². The predicted octanol–water partition coefficient (Wildman–Crippen LogP) is 5.15. The third-order valence-electron chi connectivity index (χ3n) is 4.62. The minimum atomic E-state index is -3.85. The summed E-state index contributed by atoms with van der Waals surface area (Å²) < 4.78 is 49.0. The maximum absolute atomic E-state index is 13.9. The van der Waals surface area contributed by atoms with Crippen LogP contribution in [0.1, 0.15) is 10.4 Å². The fourth-order valence-electron chi connectivity index (χ4n) is 3.17. The van der Waals surface area contributed by atoms with Crippen molar-refractivity contribution in [3.63, 3.8) is 0 Å². The molecule has 1 amide bonds. The molecule has 0 atom stereocenters. The van der Waals surface area contributed by atoms with Gasteiger partial charge in [-0.05, 0) is 36.4 Å². The van der Waals surface area contributed by atoms with Crippen LogP contribution < -0.4 is 15.0 Å². The Bertz CT molecular complexity index is 1170. The van der Waals surface area contributed by atoms with Gasteiger partial charge < -0.3 is 19.7 Å². The largest absolute Gasteiger partial charge is 0.487 e. The highest BCUT2D eigenvalue weighted by Gasteiger charge is 2.27. The summed E-state index contributed by atoms with van der Waals surface area (Å²) >= 11 is 10.9. The molecule has 0 spiro atoms. The first-order valence-corrected chi connectivity index (χ1v) is 10.3. The number of halogens is 5. The van der Waals surface area contributed by atoms with E-state index in [1.165, 1.54) is 42.6 Å². The van der Waals surface area contributed by atoms with Gasteiger partial charge in [-0.25, -0.2) is 14.4 Å². The molecule has 12 heteroatoms. The van der Waals surface area contributed by atoms with Crippen molar-refractivity contribution in [3.05, 3.63) is 65.3 Å². The van der Waals surface area contributed by atoms with Gasteiger partial charge in [0, 0.05) is 41.2 Å². The van der Waals surface area contributed by atoms with Gasteiger partial charge in [-0.15, -0.1) is 8.78 Å². The number of aromatic nitrogens is 2. The lowest BCUT2D eigenvalue weighted by molar-refractivity contribution is -0.0964. The molecule has 1 aromatic carbocycles. The lowest BCUT2D eigenvalue weighted by atomic mass is 10.1. The fourth-order valence-corrected chi connectivity index (χ4v) is 3.46. The second-order valence-electron chi connectivity index (χ2n) is 6.91. The number of alkyl halides is 3. The van der Waals surface area contributed by atoms with E-state index in [0.29, 0.717) is 30.2 Å². The van der Waals surface area contributed by atoms with Crippen LogP contribution in [-0.2, 0) is 4.74 Å². The van der Waals surface area contributed by atoms with Crippen molar-refractivity contribution >= 4 is 40.6 Å². The van der Waals surface area contributed by atoms with Crippen LogP contribution in [0.5, 0.6) is 5.75 Å². The average Bonchev–Trinajstić information content (AvgIpc) is 3.30. The molecule has 172 valence electrons. The van der Waals surface area contributed by atoms with E-state index in [1.54, 1.807) is 0 Å². The number of hydrogen-bond donors (Lipinski definition) is 1. The lowest BCUT2D eigenvalue weighted by Crippen LogP contribution is -2.21. The lowest BCUT2D eigenvalue weighted by Gasteiger charge is -2.20. The number of amides is 1. The molecule has 33 heavy (non-hydrogen) atoms. The molecule has 1 aliphatic heterocycles. The molecule has 1 fully saturated rings. The summed E-state index contributed by atoms with van der Waals surface area (Å²) in [4.78, 5) is 22.9. The smallest absolute Gasteiger partial charge is 0.420 e. The molecular weight excluding hydrogens is 484 g/mol. The van der Waals surface area contributed by atoms with E-state index >= 15 is 0 Å². The van der Waals surface area contributed by atoms with Gasteiger partial charge in [0.25, 0.3) is 5.91 Å². The van der Waals surface area contributed by atoms with Gasteiger partial charge in [0.15, 0.2) is 0 Å². The summed E-state index contributed by atoms with van der Waals surface area (Å²) in [5.74, 6) is -0.855. The highest BCUT2D eigenvalue weighted by molar-refractivity contribution is 6.32. The van der Waals surface area contributed by atoms with Crippen molar-refractivity contribution in [2.45, 2.75) is 5.57 Å². The maximum atomic E-state index is 13.9. The Labute approximate surface area is 196 Å². The number of benzene rings is 1. The van der Waals surface area contributed by atoms with Crippen molar-refractivity contribution in [3.8, 4) is 16.9 Å². The Morgan fingerprint density at radius 2 is 1.91 bits per heavy atom. The highest BCUT2D eigenvalue weighted by Crippen LogP contribution is 2.35. The molecule has 0 unspecified atom stereocenters. The molecular formula is C21H15Cl2F3N4O3. The topological polar surface area (TPSA) is 76.6 Å². The van der Waals surface area contributed by atoms with Crippen molar-refractivity contribution < 1.29 is 27.4 Å². The Hall–Kier alpha value is -3.08. The number of hydrogen-bond acceptors (Lipinski definition) is 6. The molecule has 3 heterocycles. The third kappa shape index (κ3) is 5.65. The van der Waals surface area contributed by atoms with E-state index in [2.05, 4.69) is 20.0 Å². The van der Waals surface area contributed by atoms with Crippen molar-refractivity contribution in [2.24, 2.45) is 0 Å². The molecule has 1 aliphatic rings. The quantitative estimate of drug-likeness (QED) is 0.374. The summed E-state index contributed by atoms with van der Waals surface area (Å²) in [5.41, 5.74) is -2.71. The second-order valence-corrected chi connectivity index (χ2v) is 7.71. The third-order valence-corrected chi connectivity index (χ3v) is 5.00. The molecule has 1 saturated heterocycles. The van der Waals surface area contributed by atoms with Gasteiger partial charge in [-0.3, -0.25) is 4.79 Å². The predicted molar refractivity (Wildman–Crippen MR) is 116 cm³/mol. The molecule has 2 aromatic heterocycles. The molecule has 4 rings (SSSR count). The minimum absolute atomic E-state index is 0.0452. The standard InChI is InChI=1S/C21H15Cl2F3N4O3/c22-18-16(8-13(24)10-27-18)17-7-12(9-28-19(17)30-5-6-32-11-30)20(31)29-14-1-3-15(4-2-14)33-21(23,25)26/h1-4,7-10H,5-6,11H2,(H,29,31). The molecule has 0 aliphatic carbocycles. The highest BCUT2D eigenvalue weighted by atomic mass is 35.5. The van der Waals surface area contributed by atoms with Gasteiger partial charge in [-0.2, -0.15) is 0 Å². The number of nitrogens with zero attached hydrogens (tertiary/aromatic N) is 3. The molecule has 0 radical (unpaired) electrons. The summed E-state index contributed by atoms with van der Waals surface area (Å²) in [5, 5.41) is 2.67. The fraction of sp³-hybridized carbons (Fsp3) is 0.190. The molecule has 7 nitrogen and oxygen atoms in total. The Morgan fingerprint density at radius 1 is 1.15 bits per heavy atom. The number of carbonyl (C=O) groups excluding carboxylic acids is 1. The van der Waals surface area contributed by atoms with Crippen LogP contribution in [0.2, 0.25) is 5.15 Å². The first-order chi connectivity index (χ1) is 15.7. The summed E-state index contributed by atoms with van der Waals surface area (Å²) in [6.07, 6.45) is 2.35. The van der Waals surface area contributed by atoms with E-state index in [9.17, 15) is 18.0 Å². The van der Waals surface area contributed by atoms with Crippen LogP contribution in [0.3, 0.4) is 0 Å². The number of pyridine rings is 2. The molecule has 3 aromatic rings. The Morgan fingerprint density at radius 3 is 2.58 bits per heavy atom. The molecule has 0 bridgehead atoms. The number of ether oxygens (including phenoxy) is 2. The number of carbonyl (C=O) groups is 1. The van der Waals surface area contributed by atoms with Crippen LogP contribution in [-0.4, -0.2) is 41.3 Å². The van der Waals surface area contributed by atoms with Crippen molar-refractivity contribution in [1.82, 2.24) is 9.97 Å². The monoisotopic (exact) mass is 498 g/mol. The van der Waals surface area contributed by atoms with Gasteiger partial charge >= 0.3 is 5.57 Å². The second kappa shape index (κ2) is 9.42. The summed E-state index contributed by atoms with van der Waals surface area (Å²) in [7, 11) is 0. The van der Waals surface area contributed by atoms with Crippen molar-refractivity contribution in [2.75, 3.05) is 30.1 Å².